The van der Waals surface area contributed by atoms with Gasteiger partial charge in [-0.1, -0.05) is 0 Å². The lowest BCUT2D eigenvalue weighted by Gasteiger charge is -2.46. The molecule has 0 amide bonds. The van der Waals surface area contributed by atoms with Crippen molar-refractivity contribution in [2.45, 2.75) is 89.1 Å². The predicted octanol–water partition coefficient (Wildman–Crippen LogP) is -2.66. The summed E-state index contributed by atoms with van der Waals surface area (Å²) >= 11 is 0. The Hall–Kier alpha value is -1.87. The monoisotopic (exact) mass is 452 g/mol. The molecule has 0 bridgehead atoms. The average Bonchev–Trinajstić information content (AvgIpc) is 2.66. The van der Waals surface area contributed by atoms with Gasteiger partial charge in [0, 0.05) is 20.8 Å². The lowest BCUT2D eigenvalue weighted by molar-refractivity contribution is -0.359. The van der Waals surface area contributed by atoms with E-state index in [2.05, 4.69) is 0 Å². The van der Waals surface area contributed by atoms with Gasteiger partial charge in [0.25, 0.3) is 0 Å². The van der Waals surface area contributed by atoms with Crippen molar-refractivity contribution in [1.29, 1.82) is 0 Å². The molecule has 2 aliphatic heterocycles. The summed E-state index contributed by atoms with van der Waals surface area (Å²) in [4.78, 5) is 34.5. The van der Waals surface area contributed by atoms with E-state index in [1.54, 1.807) is 0 Å². The van der Waals surface area contributed by atoms with Crippen LogP contribution >= 0.6 is 0 Å². The third-order valence-electron chi connectivity index (χ3n) is 4.76. The smallest absolute Gasteiger partial charge is 0.303 e. The highest BCUT2D eigenvalue weighted by molar-refractivity contribution is 5.67. The molecule has 13 heteroatoms. The van der Waals surface area contributed by atoms with Crippen molar-refractivity contribution in [1.82, 2.24) is 0 Å². The van der Waals surface area contributed by atoms with Crippen LogP contribution in [0.4, 0.5) is 0 Å². The Bertz CT molecular complexity index is 654. The second kappa shape index (κ2) is 10.6. The van der Waals surface area contributed by atoms with Crippen LogP contribution < -0.4 is 0 Å². The van der Waals surface area contributed by atoms with Gasteiger partial charge in [-0.2, -0.15) is 0 Å². The van der Waals surface area contributed by atoms with E-state index in [4.69, 9.17) is 28.4 Å². The van der Waals surface area contributed by atoms with Gasteiger partial charge in [0.2, 0.25) is 0 Å². The Balaban J connectivity index is 2.30. The number of esters is 3. The first-order valence-electron chi connectivity index (χ1n) is 9.58. The highest BCUT2D eigenvalue weighted by Gasteiger charge is 2.53. The van der Waals surface area contributed by atoms with E-state index >= 15 is 0 Å². The van der Waals surface area contributed by atoms with E-state index < -0.39 is 85.9 Å². The van der Waals surface area contributed by atoms with Crippen LogP contribution in [0, 0.1) is 0 Å². The molecule has 0 aromatic carbocycles. The van der Waals surface area contributed by atoms with Crippen molar-refractivity contribution >= 4 is 17.9 Å². The fourth-order valence-electron chi connectivity index (χ4n) is 3.31. The zero-order valence-corrected chi connectivity index (χ0v) is 17.4. The molecule has 2 fully saturated rings. The third kappa shape index (κ3) is 6.32. The molecule has 4 N–H and O–H groups in total. The fourth-order valence-corrected chi connectivity index (χ4v) is 3.31. The first kappa shape index (κ1) is 25.4. The largest absolute Gasteiger partial charge is 0.463 e. The van der Waals surface area contributed by atoms with Crippen molar-refractivity contribution in [2.75, 3.05) is 6.61 Å². The molecule has 0 radical (unpaired) electrons. The zero-order chi connectivity index (χ0) is 23.5. The highest BCUT2D eigenvalue weighted by Crippen LogP contribution is 2.31. The van der Waals surface area contributed by atoms with Gasteiger partial charge in [0.05, 0.1) is 6.10 Å². The van der Waals surface area contributed by atoms with Crippen molar-refractivity contribution < 1.29 is 63.2 Å². The number of carbonyl (C=O) groups is 3. The molecule has 0 saturated carbocycles. The minimum atomic E-state index is -1.80. The van der Waals surface area contributed by atoms with Gasteiger partial charge in [-0.3, -0.25) is 14.4 Å². The van der Waals surface area contributed by atoms with Gasteiger partial charge in [-0.25, -0.2) is 0 Å². The van der Waals surface area contributed by atoms with Gasteiger partial charge < -0.3 is 48.8 Å². The zero-order valence-electron chi connectivity index (χ0n) is 17.4. The second-order valence-electron chi connectivity index (χ2n) is 7.30. The summed E-state index contributed by atoms with van der Waals surface area (Å²) < 4.78 is 31.5. The van der Waals surface area contributed by atoms with Crippen molar-refractivity contribution in [3.8, 4) is 0 Å². The van der Waals surface area contributed by atoms with Crippen molar-refractivity contribution in [3.05, 3.63) is 0 Å². The van der Waals surface area contributed by atoms with Crippen LogP contribution in [0.5, 0.6) is 0 Å². The number of hydrogen-bond acceptors (Lipinski definition) is 13. The van der Waals surface area contributed by atoms with Crippen LogP contribution in [0.3, 0.4) is 0 Å². The minimum Gasteiger partial charge on any atom is -0.463 e. The molecule has 10 atom stereocenters. The topological polar surface area (TPSA) is 188 Å². The van der Waals surface area contributed by atoms with Gasteiger partial charge >= 0.3 is 17.9 Å². The van der Waals surface area contributed by atoms with Crippen LogP contribution in [0.2, 0.25) is 0 Å². The molecule has 13 nitrogen and oxygen atoms in total. The number of hydrogen-bond donors (Lipinski definition) is 4. The van der Waals surface area contributed by atoms with Gasteiger partial charge in [-0.05, 0) is 6.92 Å². The lowest BCUT2D eigenvalue weighted by atomic mass is 9.97. The minimum absolute atomic E-state index is 0.431. The van der Waals surface area contributed by atoms with Crippen molar-refractivity contribution in [3.63, 3.8) is 0 Å². The summed E-state index contributed by atoms with van der Waals surface area (Å²) in [5.74, 6) is -2.26. The summed E-state index contributed by atoms with van der Waals surface area (Å²) in [5.41, 5.74) is 0. The van der Waals surface area contributed by atoms with E-state index in [1.165, 1.54) is 6.92 Å². The summed E-state index contributed by atoms with van der Waals surface area (Å²) in [5, 5.41) is 40.4. The molecular formula is C18H28O13. The molecule has 178 valence electrons. The van der Waals surface area contributed by atoms with E-state index in [-0.39, 0.29) is 0 Å². The number of ether oxygens (including phenoxy) is 6. The van der Waals surface area contributed by atoms with Gasteiger partial charge in [0.15, 0.2) is 30.9 Å². The fraction of sp³-hybridized carbons (Fsp3) is 0.833. The summed E-state index contributed by atoms with van der Waals surface area (Å²) in [6, 6.07) is 0. The molecule has 0 aromatic heterocycles. The molecule has 0 aliphatic carbocycles. The summed E-state index contributed by atoms with van der Waals surface area (Å²) in [6.07, 6.45) is -14.6. The SMILES string of the molecule is CC(=O)OCC1OC(O)C(OC2OC(C)C(O)C(O)C2O)C(OC(C)=O)C1OC(C)=O. The summed E-state index contributed by atoms with van der Waals surface area (Å²) in [7, 11) is 0. The maximum absolute atomic E-state index is 11.7. The Kier molecular flexibility index (Phi) is 8.71. The molecule has 2 aliphatic rings. The Labute approximate surface area is 177 Å². The average molecular weight is 452 g/mol. The Morgan fingerprint density at radius 2 is 1.35 bits per heavy atom. The van der Waals surface area contributed by atoms with E-state index in [1.807, 2.05) is 0 Å². The first-order chi connectivity index (χ1) is 14.4. The maximum Gasteiger partial charge on any atom is 0.303 e. The molecule has 2 rings (SSSR count). The number of aliphatic hydroxyl groups excluding tert-OH is 4. The van der Waals surface area contributed by atoms with E-state index in [9.17, 15) is 34.8 Å². The molecule has 2 heterocycles. The highest BCUT2D eigenvalue weighted by atomic mass is 16.7. The third-order valence-corrected chi connectivity index (χ3v) is 4.76. The van der Waals surface area contributed by atoms with Crippen LogP contribution in [-0.4, -0.2) is 106 Å². The molecule has 2 saturated heterocycles. The molecule has 0 spiro atoms. The Morgan fingerprint density at radius 1 is 0.774 bits per heavy atom. The number of rotatable bonds is 6. The van der Waals surface area contributed by atoms with Crippen LogP contribution in [0.1, 0.15) is 27.7 Å². The van der Waals surface area contributed by atoms with Crippen LogP contribution in [0.25, 0.3) is 0 Å². The second-order valence-corrected chi connectivity index (χ2v) is 7.30. The van der Waals surface area contributed by atoms with Crippen molar-refractivity contribution in [2.24, 2.45) is 0 Å². The van der Waals surface area contributed by atoms with Crippen LogP contribution in [0.15, 0.2) is 0 Å². The Morgan fingerprint density at radius 3 is 1.90 bits per heavy atom. The molecular weight excluding hydrogens is 424 g/mol. The van der Waals surface area contributed by atoms with Crippen LogP contribution in [-0.2, 0) is 42.8 Å². The lowest BCUT2D eigenvalue weighted by Crippen LogP contribution is -2.65. The molecule has 31 heavy (non-hydrogen) atoms. The first-order valence-corrected chi connectivity index (χ1v) is 9.58. The summed E-state index contributed by atoms with van der Waals surface area (Å²) in [6.45, 7) is 4.28. The standard InChI is InChI=1S/C18H28O13/c1-6-11(22)12(23)13(24)18(27-6)31-16-15(29-9(4)21)14(28-8(3)20)10(30-17(16)25)5-26-7(2)19/h6,10-18,22-25H,5H2,1-4H3. The van der Waals surface area contributed by atoms with Gasteiger partial charge in [0.1, 0.15) is 31.0 Å². The quantitative estimate of drug-likeness (QED) is 0.242. The maximum atomic E-state index is 11.7. The van der Waals surface area contributed by atoms with E-state index in [0.717, 1.165) is 20.8 Å². The normalized spacial score (nSPS) is 40.6. The molecule has 10 unspecified atom stereocenters. The van der Waals surface area contributed by atoms with Gasteiger partial charge in [-0.15, -0.1) is 0 Å². The molecule has 0 aromatic rings. The number of aliphatic hydroxyl groups is 4. The predicted molar refractivity (Wildman–Crippen MR) is 95.8 cm³/mol. The number of carbonyl (C=O) groups excluding carboxylic acids is 3. The van der Waals surface area contributed by atoms with E-state index in [0.29, 0.717) is 0 Å².